The molecule has 1 saturated heterocycles. The fourth-order valence-corrected chi connectivity index (χ4v) is 5.22. The van der Waals surface area contributed by atoms with Gasteiger partial charge in [-0.15, -0.1) is 0 Å². The summed E-state index contributed by atoms with van der Waals surface area (Å²) >= 11 is 0. The Hall–Kier alpha value is -4.13. The van der Waals surface area contributed by atoms with Crippen LogP contribution in [0.1, 0.15) is 40.9 Å². The third-order valence-electron chi connectivity index (χ3n) is 7.42. The maximum absolute atomic E-state index is 12.7. The quantitative estimate of drug-likeness (QED) is 0.155. The molecule has 0 bridgehead atoms. The van der Waals surface area contributed by atoms with Gasteiger partial charge < -0.3 is 9.30 Å². The van der Waals surface area contributed by atoms with Gasteiger partial charge in [0.1, 0.15) is 0 Å². The number of fused-ring (bicyclic) bond motifs is 1. The zero-order chi connectivity index (χ0) is 27.2. The fourth-order valence-electron chi connectivity index (χ4n) is 5.22. The number of nitrogens with zero attached hydrogens (tertiary/aromatic N) is 4. The molecule has 0 amide bonds. The second-order valence-corrected chi connectivity index (χ2v) is 10.2. The van der Waals surface area contributed by atoms with E-state index in [1.54, 1.807) is 13.1 Å². The van der Waals surface area contributed by atoms with Crippen LogP contribution in [0.3, 0.4) is 0 Å². The van der Waals surface area contributed by atoms with Gasteiger partial charge in [-0.3, -0.25) is 9.69 Å². The summed E-state index contributed by atoms with van der Waals surface area (Å²) in [6.07, 6.45) is 5.12. The Bertz CT molecular complexity index is 1470. The monoisotopic (exact) mass is 518 g/mol. The van der Waals surface area contributed by atoms with Crippen LogP contribution < -0.4 is 0 Å². The standard InChI is InChI=1S/C33H34N4O2/c1-4-34-35-18-25(2)29-15-16-32-30(17-29)31(26(3)38)21-36(32)22-33(23-39-24-33)37(19-27-11-7-5-8-12-27)20-28-13-9-6-10-14-28/h4-18,21H,1,19-20,22-24H2,2-3H3/b25-18+,35-34-. The molecule has 0 saturated carbocycles. The molecule has 5 rings (SSSR count). The number of ketones is 1. The van der Waals surface area contributed by atoms with E-state index in [9.17, 15) is 4.79 Å². The van der Waals surface area contributed by atoms with Gasteiger partial charge in [0.15, 0.2) is 5.78 Å². The van der Waals surface area contributed by atoms with Gasteiger partial charge in [0.05, 0.1) is 25.0 Å². The lowest BCUT2D eigenvalue weighted by Crippen LogP contribution is -2.63. The van der Waals surface area contributed by atoms with E-state index in [1.807, 2.05) is 13.1 Å². The zero-order valence-corrected chi connectivity index (χ0v) is 22.6. The van der Waals surface area contributed by atoms with Crippen molar-refractivity contribution in [1.82, 2.24) is 9.47 Å². The average Bonchev–Trinajstić information content (AvgIpc) is 3.29. The van der Waals surface area contributed by atoms with E-state index in [0.29, 0.717) is 13.2 Å². The SMILES string of the molecule is C=C/N=N\C=C(/C)c1ccc2c(c1)c(C(C)=O)cn2CC1(N(Cc2ccccc2)Cc2ccccc2)COC1. The van der Waals surface area contributed by atoms with E-state index in [4.69, 9.17) is 4.74 Å². The molecule has 0 radical (unpaired) electrons. The number of Topliss-reactive ketones (excluding diaryl/α,β-unsaturated/α-hetero) is 1. The summed E-state index contributed by atoms with van der Waals surface area (Å²) < 4.78 is 8.11. The number of azo groups is 1. The molecule has 4 aromatic rings. The van der Waals surface area contributed by atoms with E-state index in [-0.39, 0.29) is 11.3 Å². The highest BCUT2D eigenvalue weighted by Crippen LogP contribution is 2.34. The van der Waals surface area contributed by atoms with Crippen LogP contribution in [0.2, 0.25) is 0 Å². The molecule has 39 heavy (non-hydrogen) atoms. The summed E-state index contributed by atoms with van der Waals surface area (Å²) in [6.45, 7) is 10.8. The van der Waals surface area contributed by atoms with Crippen molar-refractivity contribution in [2.24, 2.45) is 10.2 Å². The van der Waals surface area contributed by atoms with Crippen molar-refractivity contribution in [2.75, 3.05) is 13.2 Å². The van der Waals surface area contributed by atoms with Gasteiger partial charge in [0.25, 0.3) is 0 Å². The predicted molar refractivity (Wildman–Crippen MR) is 156 cm³/mol. The molecule has 6 heteroatoms. The van der Waals surface area contributed by atoms with Crippen molar-refractivity contribution in [2.45, 2.75) is 39.0 Å². The molecular weight excluding hydrogens is 484 g/mol. The van der Waals surface area contributed by atoms with Crippen molar-refractivity contribution >= 4 is 22.3 Å². The molecule has 198 valence electrons. The average molecular weight is 519 g/mol. The van der Waals surface area contributed by atoms with E-state index in [2.05, 4.69) is 105 Å². The van der Waals surface area contributed by atoms with Gasteiger partial charge in [-0.25, -0.2) is 0 Å². The summed E-state index contributed by atoms with van der Waals surface area (Å²) in [5.74, 6) is 0.0493. The fraction of sp³-hybridized carbons (Fsp3) is 0.242. The summed E-state index contributed by atoms with van der Waals surface area (Å²) in [4.78, 5) is 15.3. The molecule has 1 aliphatic heterocycles. The molecule has 0 aliphatic carbocycles. The van der Waals surface area contributed by atoms with Gasteiger partial charge in [-0.1, -0.05) is 73.3 Å². The van der Waals surface area contributed by atoms with Crippen LogP contribution in [-0.4, -0.2) is 34.0 Å². The van der Waals surface area contributed by atoms with Gasteiger partial charge >= 0.3 is 0 Å². The Kier molecular flexibility index (Phi) is 7.96. The van der Waals surface area contributed by atoms with E-state index in [1.165, 1.54) is 17.3 Å². The van der Waals surface area contributed by atoms with E-state index in [0.717, 1.165) is 47.2 Å². The van der Waals surface area contributed by atoms with Crippen molar-refractivity contribution in [3.63, 3.8) is 0 Å². The van der Waals surface area contributed by atoms with Crippen LogP contribution in [0.15, 0.2) is 114 Å². The Balaban J connectivity index is 1.52. The topological polar surface area (TPSA) is 59.2 Å². The Morgan fingerprint density at radius 3 is 2.15 bits per heavy atom. The van der Waals surface area contributed by atoms with Crippen molar-refractivity contribution < 1.29 is 9.53 Å². The maximum atomic E-state index is 12.7. The van der Waals surface area contributed by atoms with Gasteiger partial charge in [0, 0.05) is 48.5 Å². The summed E-state index contributed by atoms with van der Waals surface area (Å²) in [5, 5.41) is 8.78. The molecule has 2 heterocycles. The number of carbonyl (C=O) groups is 1. The number of hydrogen-bond acceptors (Lipinski definition) is 5. The normalized spacial score (nSPS) is 15.1. The van der Waals surface area contributed by atoms with E-state index < -0.39 is 0 Å². The van der Waals surface area contributed by atoms with Crippen LogP contribution in [0.5, 0.6) is 0 Å². The highest BCUT2D eigenvalue weighted by atomic mass is 16.5. The third-order valence-corrected chi connectivity index (χ3v) is 7.42. The molecule has 3 aromatic carbocycles. The molecule has 0 N–H and O–H groups in total. The molecule has 1 aromatic heterocycles. The number of hydrogen-bond donors (Lipinski definition) is 0. The Morgan fingerprint density at radius 1 is 0.974 bits per heavy atom. The van der Waals surface area contributed by atoms with Crippen molar-refractivity contribution in [3.8, 4) is 0 Å². The van der Waals surface area contributed by atoms with Gasteiger partial charge in [-0.2, -0.15) is 10.2 Å². The number of allylic oxidation sites excluding steroid dienone is 1. The van der Waals surface area contributed by atoms with Crippen LogP contribution >= 0.6 is 0 Å². The van der Waals surface area contributed by atoms with Crippen LogP contribution in [0.4, 0.5) is 0 Å². The second kappa shape index (κ2) is 11.7. The van der Waals surface area contributed by atoms with E-state index >= 15 is 0 Å². The minimum Gasteiger partial charge on any atom is -0.377 e. The number of carbonyl (C=O) groups excluding carboxylic acids is 1. The largest absolute Gasteiger partial charge is 0.377 e. The first kappa shape index (κ1) is 26.5. The molecule has 6 nitrogen and oxygen atoms in total. The highest BCUT2D eigenvalue weighted by molar-refractivity contribution is 6.07. The van der Waals surface area contributed by atoms with Crippen molar-refractivity contribution in [3.05, 3.63) is 126 Å². The van der Waals surface area contributed by atoms with Crippen LogP contribution in [0, 0.1) is 0 Å². The lowest BCUT2D eigenvalue weighted by molar-refractivity contribution is -0.155. The first-order valence-corrected chi connectivity index (χ1v) is 13.2. The number of aromatic nitrogens is 1. The molecule has 1 fully saturated rings. The lowest BCUT2D eigenvalue weighted by atomic mass is 9.92. The number of benzene rings is 3. The summed E-state index contributed by atoms with van der Waals surface area (Å²) in [7, 11) is 0. The predicted octanol–water partition coefficient (Wildman–Crippen LogP) is 7.27. The molecule has 1 aliphatic rings. The first-order valence-electron chi connectivity index (χ1n) is 13.2. The van der Waals surface area contributed by atoms with Crippen LogP contribution in [-0.2, 0) is 24.4 Å². The van der Waals surface area contributed by atoms with Crippen molar-refractivity contribution in [1.29, 1.82) is 0 Å². The second-order valence-electron chi connectivity index (χ2n) is 10.2. The molecular formula is C33H34N4O2. The maximum Gasteiger partial charge on any atom is 0.161 e. The molecule has 0 atom stereocenters. The number of ether oxygens (including phenoxy) is 1. The summed E-state index contributed by atoms with van der Waals surface area (Å²) in [5.41, 5.74) is 6.05. The first-order chi connectivity index (χ1) is 19.0. The molecule has 0 unspecified atom stereocenters. The summed E-state index contributed by atoms with van der Waals surface area (Å²) in [6, 6.07) is 27.4. The Morgan fingerprint density at radius 2 is 1.62 bits per heavy atom. The van der Waals surface area contributed by atoms with Crippen LogP contribution in [0.25, 0.3) is 16.5 Å². The number of rotatable bonds is 11. The van der Waals surface area contributed by atoms with Gasteiger partial charge in [0.2, 0.25) is 0 Å². The minimum absolute atomic E-state index is 0.0493. The highest BCUT2D eigenvalue weighted by Gasteiger charge is 2.44. The Labute approximate surface area is 229 Å². The minimum atomic E-state index is -0.203. The van der Waals surface area contributed by atoms with Gasteiger partial charge in [-0.05, 0) is 48.2 Å². The molecule has 0 spiro atoms. The zero-order valence-electron chi connectivity index (χ0n) is 22.6. The third kappa shape index (κ3) is 5.82. The smallest absolute Gasteiger partial charge is 0.161 e. The lowest BCUT2D eigenvalue weighted by Gasteiger charge is -2.50.